The van der Waals surface area contributed by atoms with E-state index in [9.17, 15) is 18.0 Å². The Labute approximate surface area is 216 Å². The van der Waals surface area contributed by atoms with Crippen LogP contribution in [0.2, 0.25) is 5.02 Å². The molecule has 1 fully saturated rings. The summed E-state index contributed by atoms with van der Waals surface area (Å²) in [5.41, 5.74) is 1.25. The first kappa shape index (κ1) is 28.1. The van der Waals surface area contributed by atoms with E-state index in [1.54, 1.807) is 31.2 Å². The summed E-state index contributed by atoms with van der Waals surface area (Å²) in [6, 6.07) is 12.5. The molecule has 1 aliphatic rings. The molecular formula is C25H31ClN2O7S. The highest BCUT2D eigenvalue weighted by Gasteiger charge is 2.25. The van der Waals surface area contributed by atoms with Gasteiger partial charge < -0.3 is 19.5 Å². The van der Waals surface area contributed by atoms with Crippen molar-refractivity contribution in [3.63, 3.8) is 0 Å². The minimum absolute atomic E-state index is 0.0272. The first-order chi connectivity index (χ1) is 17.3. The number of carbonyl (C=O) groups is 2. The normalized spacial score (nSPS) is 16.8. The fraction of sp³-hybridized carbons (Fsp3) is 0.440. The third-order valence-corrected chi connectivity index (χ3v) is 7.20. The number of carbonyl (C=O) groups excluding carboxylic acids is 2. The molecule has 36 heavy (non-hydrogen) atoms. The van der Waals surface area contributed by atoms with Crippen LogP contribution in [-0.2, 0) is 40.2 Å². The van der Waals surface area contributed by atoms with Crippen LogP contribution in [0.15, 0.2) is 53.4 Å². The fourth-order valence-electron chi connectivity index (χ4n) is 3.53. The van der Waals surface area contributed by atoms with Gasteiger partial charge in [0, 0.05) is 23.9 Å². The summed E-state index contributed by atoms with van der Waals surface area (Å²) in [6.45, 7) is 2.44. The van der Waals surface area contributed by atoms with E-state index in [2.05, 4.69) is 10.0 Å². The van der Waals surface area contributed by atoms with E-state index in [4.69, 9.17) is 25.8 Å². The van der Waals surface area contributed by atoms with Gasteiger partial charge in [-0.25, -0.2) is 13.1 Å². The maximum atomic E-state index is 13.1. The highest BCUT2D eigenvalue weighted by molar-refractivity contribution is 7.89. The Morgan fingerprint density at radius 3 is 2.47 bits per heavy atom. The standard InChI is InChI=1S/C25H31ClN2O7S/c1-2-33-23(29)15-18-6-10-21(11-7-18)28-25(30)19(17-35-24-5-3-4-14-34-24)16-27-36(31,32)22-12-8-20(26)9-13-22/h6-13,19,24,27H,2-5,14-17H2,1H3,(H,28,30)/t19-,24?/m0/s1. The Hall–Kier alpha value is -2.50. The van der Waals surface area contributed by atoms with E-state index in [-0.39, 0.29) is 30.4 Å². The summed E-state index contributed by atoms with van der Waals surface area (Å²) in [5.74, 6) is -1.57. The van der Waals surface area contributed by atoms with Crippen molar-refractivity contribution in [3.05, 3.63) is 59.1 Å². The number of ether oxygens (including phenoxy) is 3. The van der Waals surface area contributed by atoms with Crippen molar-refractivity contribution in [1.82, 2.24) is 4.72 Å². The first-order valence-corrected chi connectivity index (χ1v) is 13.7. The average molecular weight is 539 g/mol. The van der Waals surface area contributed by atoms with Crippen molar-refractivity contribution in [1.29, 1.82) is 0 Å². The highest BCUT2D eigenvalue weighted by Crippen LogP contribution is 2.18. The lowest BCUT2D eigenvalue weighted by Gasteiger charge is -2.25. The number of halogens is 1. The zero-order chi connectivity index (χ0) is 26.0. The van der Waals surface area contributed by atoms with Crippen LogP contribution in [0.5, 0.6) is 0 Å². The molecule has 2 aromatic rings. The molecule has 1 unspecified atom stereocenters. The van der Waals surface area contributed by atoms with Gasteiger partial charge in [0.15, 0.2) is 6.29 Å². The van der Waals surface area contributed by atoms with Crippen LogP contribution in [-0.4, -0.2) is 52.9 Å². The monoisotopic (exact) mass is 538 g/mol. The molecule has 3 rings (SSSR count). The largest absolute Gasteiger partial charge is 0.466 e. The third-order valence-electron chi connectivity index (χ3n) is 5.51. The summed E-state index contributed by atoms with van der Waals surface area (Å²) in [7, 11) is -3.86. The smallest absolute Gasteiger partial charge is 0.310 e. The van der Waals surface area contributed by atoms with Gasteiger partial charge in [0.05, 0.1) is 30.4 Å². The van der Waals surface area contributed by atoms with Crippen LogP contribution < -0.4 is 10.0 Å². The quantitative estimate of drug-likeness (QED) is 0.397. The molecular weight excluding hydrogens is 508 g/mol. The van der Waals surface area contributed by atoms with E-state index in [1.165, 1.54) is 24.3 Å². The number of amides is 1. The van der Waals surface area contributed by atoms with Gasteiger partial charge in [-0.15, -0.1) is 0 Å². The second kappa shape index (κ2) is 13.7. The molecule has 0 spiro atoms. The zero-order valence-corrected chi connectivity index (χ0v) is 21.6. The molecule has 2 N–H and O–H groups in total. The molecule has 1 aliphatic heterocycles. The number of rotatable bonds is 12. The Bertz CT molecular complexity index is 1100. The number of hydrogen-bond acceptors (Lipinski definition) is 7. The molecule has 1 amide bonds. The van der Waals surface area contributed by atoms with Crippen LogP contribution in [0, 0.1) is 5.92 Å². The van der Waals surface area contributed by atoms with E-state index in [1.807, 2.05) is 0 Å². The van der Waals surface area contributed by atoms with Crippen LogP contribution >= 0.6 is 11.6 Å². The summed E-state index contributed by atoms with van der Waals surface area (Å²) in [5, 5.41) is 3.21. The molecule has 2 aromatic carbocycles. The molecule has 196 valence electrons. The predicted molar refractivity (Wildman–Crippen MR) is 135 cm³/mol. The minimum Gasteiger partial charge on any atom is -0.466 e. The second-order valence-electron chi connectivity index (χ2n) is 8.30. The molecule has 0 saturated carbocycles. The lowest BCUT2D eigenvalue weighted by atomic mass is 10.1. The Morgan fingerprint density at radius 1 is 1.11 bits per heavy atom. The van der Waals surface area contributed by atoms with Crippen LogP contribution in [0.25, 0.3) is 0 Å². The number of hydrogen-bond donors (Lipinski definition) is 2. The lowest BCUT2D eigenvalue weighted by Crippen LogP contribution is -2.39. The topological polar surface area (TPSA) is 120 Å². The van der Waals surface area contributed by atoms with E-state index >= 15 is 0 Å². The number of benzene rings is 2. The van der Waals surface area contributed by atoms with Crippen molar-refractivity contribution in [2.45, 2.75) is 43.8 Å². The maximum absolute atomic E-state index is 13.1. The molecule has 0 aliphatic carbocycles. The summed E-state index contributed by atoms with van der Waals surface area (Å²) in [6.07, 6.45) is 2.34. The average Bonchev–Trinajstić information content (AvgIpc) is 2.86. The lowest BCUT2D eigenvalue weighted by molar-refractivity contribution is -0.170. The number of nitrogens with one attached hydrogen (secondary N) is 2. The highest BCUT2D eigenvalue weighted by atomic mass is 35.5. The Morgan fingerprint density at radius 2 is 1.83 bits per heavy atom. The number of esters is 1. The molecule has 0 radical (unpaired) electrons. The minimum atomic E-state index is -3.86. The van der Waals surface area contributed by atoms with Gasteiger partial charge in [-0.3, -0.25) is 9.59 Å². The summed E-state index contributed by atoms with van der Waals surface area (Å²) in [4.78, 5) is 24.8. The third kappa shape index (κ3) is 8.86. The maximum Gasteiger partial charge on any atom is 0.310 e. The van der Waals surface area contributed by atoms with E-state index < -0.39 is 28.1 Å². The Balaban J connectivity index is 1.64. The Kier molecular flexibility index (Phi) is 10.7. The van der Waals surface area contributed by atoms with Crippen LogP contribution in [0.3, 0.4) is 0 Å². The van der Waals surface area contributed by atoms with Gasteiger partial charge in [-0.1, -0.05) is 23.7 Å². The van der Waals surface area contributed by atoms with Crippen LogP contribution in [0.1, 0.15) is 31.7 Å². The molecule has 2 atom stereocenters. The molecule has 1 heterocycles. The molecule has 11 heteroatoms. The van der Waals surface area contributed by atoms with E-state index in [0.717, 1.165) is 18.4 Å². The number of sulfonamides is 1. The van der Waals surface area contributed by atoms with E-state index in [0.29, 0.717) is 30.3 Å². The second-order valence-corrected chi connectivity index (χ2v) is 10.5. The zero-order valence-electron chi connectivity index (χ0n) is 20.1. The summed E-state index contributed by atoms with van der Waals surface area (Å²) >= 11 is 5.85. The molecule has 9 nitrogen and oxygen atoms in total. The molecule has 1 saturated heterocycles. The van der Waals surface area contributed by atoms with Gasteiger partial charge in [-0.2, -0.15) is 0 Å². The van der Waals surface area contributed by atoms with Crippen LogP contribution in [0.4, 0.5) is 5.69 Å². The first-order valence-electron chi connectivity index (χ1n) is 11.8. The van der Waals surface area contributed by atoms with Gasteiger partial charge >= 0.3 is 5.97 Å². The van der Waals surface area contributed by atoms with Gasteiger partial charge in [0.2, 0.25) is 15.9 Å². The van der Waals surface area contributed by atoms with Crippen molar-refractivity contribution >= 4 is 39.2 Å². The molecule has 0 bridgehead atoms. The fourth-order valence-corrected chi connectivity index (χ4v) is 4.74. The molecule has 0 aromatic heterocycles. The van der Waals surface area contributed by atoms with Crippen molar-refractivity contribution < 1.29 is 32.2 Å². The summed E-state index contributed by atoms with van der Waals surface area (Å²) < 4.78 is 44.2. The van der Waals surface area contributed by atoms with Gasteiger partial charge in [-0.05, 0) is 68.1 Å². The SMILES string of the molecule is CCOC(=O)Cc1ccc(NC(=O)[C@@H](CNS(=O)(=O)c2ccc(Cl)cc2)COC2CCCCO2)cc1. The van der Waals surface area contributed by atoms with Crippen molar-refractivity contribution in [2.24, 2.45) is 5.92 Å². The van der Waals surface area contributed by atoms with Gasteiger partial charge in [0.1, 0.15) is 0 Å². The van der Waals surface area contributed by atoms with Gasteiger partial charge in [0.25, 0.3) is 0 Å². The predicted octanol–water partition coefficient (Wildman–Crippen LogP) is 3.52. The number of anilines is 1. The van der Waals surface area contributed by atoms with Crippen molar-refractivity contribution in [3.8, 4) is 0 Å². The van der Waals surface area contributed by atoms with Crippen molar-refractivity contribution in [2.75, 3.05) is 31.7 Å².